The number of aromatic nitrogens is 1. The molecule has 0 amide bonds. The highest BCUT2D eigenvalue weighted by Gasteiger charge is 2.09. The quantitative estimate of drug-likeness (QED) is 0.893. The maximum absolute atomic E-state index is 4.68. The van der Waals surface area contributed by atoms with Gasteiger partial charge in [0.25, 0.3) is 0 Å². The molecule has 2 aromatic rings. The Morgan fingerprint density at radius 1 is 1.24 bits per heavy atom. The molecule has 1 N–H and O–H groups in total. The fraction of sp³-hybridized carbons (Fsp3) is 0.357. The van der Waals surface area contributed by atoms with Crippen LogP contribution in [0.3, 0.4) is 0 Å². The number of benzene rings is 1. The first-order chi connectivity index (χ1) is 8.11. The molecule has 0 saturated heterocycles. The van der Waals surface area contributed by atoms with Crippen molar-refractivity contribution in [3.8, 4) is 11.3 Å². The normalized spacial score (nSPS) is 12.7. The van der Waals surface area contributed by atoms with Gasteiger partial charge in [-0.15, -0.1) is 11.3 Å². The van der Waals surface area contributed by atoms with Gasteiger partial charge < -0.3 is 5.32 Å². The monoisotopic (exact) mass is 246 g/mol. The van der Waals surface area contributed by atoms with Crippen molar-refractivity contribution in [2.24, 2.45) is 0 Å². The van der Waals surface area contributed by atoms with Crippen LogP contribution in [0.25, 0.3) is 11.3 Å². The number of hydrogen-bond acceptors (Lipinski definition) is 3. The molecule has 1 aromatic carbocycles. The van der Waals surface area contributed by atoms with Crippen molar-refractivity contribution in [2.75, 3.05) is 7.05 Å². The summed E-state index contributed by atoms with van der Waals surface area (Å²) >= 11 is 1.71. The first kappa shape index (κ1) is 12.3. The van der Waals surface area contributed by atoms with Crippen LogP contribution in [0, 0.1) is 13.8 Å². The summed E-state index contributed by atoms with van der Waals surface area (Å²) < 4.78 is 0. The predicted molar refractivity (Wildman–Crippen MR) is 74.5 cm³/mol. The van der Waals surface area contributed by atoms with Crippen LogP contribution in [0.2, 0.25) is 0 Å². The van der Waals surface area contributed by atoms with Crippen LogP contribution < -0.4 is 5.32 Å². The van der Waals surface area contributed by atoms with E-state index in [0.717, 1.165) is 10.7 Å². The molecule has 2 rings (SSSR count). The second-order valence-electron chi connectivity index (χ2n) is 4.38. The highest BCUT2D eigenvalue weighted by molar-refractivity contribution is 7.10. The Bertz CT molecular complexity index is 517. The van der Waals surface area contributed by atoms with Gasteiger partial charge >= 0.3 is 0 Å². The van der Waals surface area contributed by atoms with Crippen molar-refractivity contribution in [3.63, 3.8) is 0 Å². The molecule has 0 aliphatic carbocycles. The molecule has 0 saturated carbocycles. The molecule has 3 heteroatoms. The lowest BCUT2D eigenvalue weighted by molar-refractivity contribution is 0.648. The van der Waals surface area contributed by atoms with Crippen LogP contribution in [0.15, 0.2) is 23.6 Å². The Morgan fingerprint density at radius 2 is 2.00 bits per heavy atom. The summed E-state index contributed by atoms with van der Waals surface area (Å²) in [7, 11) is 1.96. The van der Waals surface area contributed by atoms with E-state index in [-0.39, 0.29) is 0 Å². The highest BCUT2D eigenvalue weighted by Crippen LogP contribution is 2.26. The predicted octanol–water partition coefficient (Wildman–Crippen LogP) is 3.71. The van der Waals surface area contributed by atoms with Crippen molar-refractivity contribution in [3.05, 3.63) is 39.7 Å². The first-order valence-electron chi connectivity index (χ1n) is 5.82. The van der Waals surface area contributed by atoms with Gasteiger partial charge in [-0.25, -0.2) is 4.98 Å². The molecule has 0 aliphatic heterocycles. The lowest BCUT2D eigenvalue weighted by atomic mass is 10.1. The largest absolute Gasteiger partial charge is 0.311 e. The van der Waals surface area contributed by atoms with E-state index in [1.165, 1.54) is 16.7 Å². The van der Waals surface area contributed by atoms with Crippen LogP contribution in [0.1, 0.15) is 29.1 Å². The number of hydrogen-bond donors (Lipinski definition) is 1. The lowest BCUT2D eigenvalue weighted by Gasteiger charge is -2.05. The third-order valence-electron chi connectivity index (χ3n) is 3.13. The average molecular weight is 246 g/mol. The van der Waals surface area contributed by atoms with Gasteiger partial charge in [0.1, 0.15) is 5.01 Å². The molecular weight excluding hydrogens is 228 g/mol. The molecule has 1 atom stereocenters. The molecule has 0 spiro atoms. The van der Waals surface area contributed by atoms with Crippen molar-refractivity contribution in [1.29, 1.82) is 0 Å². The Hall–Kier alpha value is -1.19. The van der Waals surface area contributed by atoms with Crippen LogP contribution >= 0.6 is 11.3 Å². The van der Waals surface area contributed by atoms with E-state index >= 15 is 0 Å². The van der Waals surface area contributed by atoms with Crippen molar-refractivity contribution < 1.29 is 0 Å². The van der Waals surface area contributed by atoms with Crippen LogP contribution in [0.4, 0.5) is 0 Å². The zero-order chi connectivity index (χ0) is 12.4. The molecule has 90 valence electrons. The second-order valence-corrected chi connectivity index (χ2v) is 5.27. The van der Waals surface area contributed by atoms with E-state index < -0.39 is 0 Å². The number of rotatable bonds is 3. The first-order valence-corrected chi connectivity index (χ1v) is 6.70. The number of aryl methyl sites for hydroxylation is 2. The zero-order valence-electron chi connectivity index (χ0n) is 10.7. The average Bonchev–Trinajstić information content (AvgIpc) is 2.81. The summed E-state index contributed by atoms with van der Waals surface area (Å²) in [5.41, 5.74) is 4.93. The van der Waals surface area contributed by atoms with E-state index in [1.807, 2.05) is 7.05 Å². The van der Waals surface area contributed by atoms with E-state index in [9.17, 15) is 0 Å². The summed E-state index contributed by atoms with van der Waals surface area (Å²) in [6.45, 7) is 6.40. The fourth-order valence-electron chi connectivity index (χ4n) is 1.64. The third kappa shape index (κ3) is 2.56. The SMILES string of the molecule is CNC(C)c1nc(-c2ccc(C)c(C)c2)cs1. The van der Waals surface area contributed by atoms with E-state index in [2.05, 4.69) is 54.7 Å². The molecule has 2 nitrogen and oxygen atoms in total. The summed E-state index contributed by atoms with van der Waals surface area (Å²) in [4.78, 5) is 4.68. The zero-order valence-corrected chi connectivity index (χ0v) is 11.6. The minimum absolute atomic E-state index is 0.320. The van der Waals surface area contributed by atoms with Crippen molar-refractivity contribution in [1.82, 2.24) is 10.3 Å². The molecule has 17 heavy (non-hydrogen) atoms. The van der Waals surface area contributed by atoms with Gasteiger partial charge in [0, 0.05) is 10.9 Å². The molecule has 1 aromatic heterocycles. The van der Waals surface area contributed by atoms with Gasteiger partial charge in [-0.2, -0.15) is 0 Å². The minimum Gasteiger partial charge on any atom is -0.311 e. The topological polar surface area (TPSA) is 24.9 Å². The molecule has 0 bridgehead atoms. The maximum Gasteiger partial charge on any atom is 0.110 e. The number of thiazole rings is 1. The third-order valence-corrected chi connectivity index (χ3v) is 4.16. The Kier molecular flexibility index (Phi) is 3.60. The van der Waals surface area contributed by atoms with Crippen LogP contribution in [-0.4, -0.2) is 12.0 Å². The van der Waals surface area contributed by atoms with Gasteiger partial charge in [0.15, 0.2) is 0 Å². The van der Waals surface area contributed by atoms with Crippen molar-refractivity contribution >= 4 is 11.3 Å². The van der Waals surface area contributed by atoms with Gasteiger partial charge in [-0.3, -0.25) is 0 Å². The molecule has 1 heterocycles. The Labute approximate surface area is 107 Å². The number of nitrogens with one attached hydrogen (secondary N) is 1. The van der Waals surface area contributed by atoms with Gasteiger partial charge in [0.05, 0.1) is 11.7 Å². The number of nitrogens with zero attached hydrogens (tertiary/aromatic N) is 1. The summed E-state index contributed by atoms with van der Waals surface area (Å²) in [5.74, 6) is 0. The second kappa shape index (κ2) is 4.98. The molecule has 0 aliphatic rings. The van der Waals surface area contributed by atoms with Gasteiger partial charge in [-0.1, -0.05) is 12.1 Å². The Morgan fingerprint density at radius 3 is 2.65 bits per heavy atom. The summed E-state index contributed by atoms with van der Waals surface area (Å²) in [6, 6.07) is 6.83. The smallest absolute Gasteiger partial charge is 0.110 e. The molecule has 0 radical (unpaired) electrons. The minimum atomic E-state index is 0.320. The van der Waals surface area contributed by atoms with Crippen molar-refractivity contribution in [2.45, 2.75) is 26.8 Å². The van der Waals surface area contributed by atoms with Gasteiger partial charge in [-0.05, 0) is 45.0 Å². The highest BCUT2D eigenvalue weighted by atomic mass is 32.1. The summed E-state index contributed by atoms with van der Waals surface area (Å²) in [6.07, 6.45) is 0. The Balaban J connectivity index is 2.33. The lowest BCUT2D eigenvalue weighted by Crippen LogP contribution is -2.11. The standard InChI is InChI=1S/C14H18N2S/c1-9-5-6-12(7-10(9)2)13-8-17-14(16-13)11(3)15-4/h5-8,11,15H,1-4H3. The van der Waals surface area contributed by atoms with Crippen LogP contribution in [0.5, 0.6) is 0 Å². The molecular formula is C14H18N2S. The van der Waals surface area contributed by atoms with Gasteiger partial charge in [0.2, 0.25) is 0 Å². The summed E-state index contributed by atoms with van der Waals surface area (Å²) in [5, 5.41) is 6.49. The molecule has 1 unspecified atom stereocenters. The van der Waals surface area contributed by atoms with E-state index in [4.69, 9.17) is 0 Å². The maximum atomic E-state index is 4.68. The molecule has 0 fully saturated rings. The van der Waals surface area contributed by atoms with E-state index in [0.29, 0.717) is 6.04 Å². The van der Waals surface area contributed by atoms with E-state index in [1.54, 1.807) is 11.3 Å². The fourth-order valence-corrected chi connectivity index (χ4v) is 2.54. The van der Waals surface area contributed by atoms with Crippen LogP contribution in [-0.2, 0) is 0 Å².